The highest BCUT2D eigenvalue weighted by Gasteiger charge is 2.48. The van der Waals surface area contributed by atoms with Crippen LogP contribution in [0, 0.1) is 0 Å². The molecule has 1 aliphatic heterocycles. The van der Waals surface area contributed by atoms with Gasteiger partial charge in [0, 0.05) is 11.3 Å². The normalized spacial score (nSPS) is 16.0. The number of hydrogen-bond donors (Lipinski definition) is 1. The van der Waals surface area contributed by atoms with E-state index in [0.717, 1.165) is 31.2 Å². The third kappa shape index (κ3) is 7.31. The third-order valence-electron chi connectivity index (χ3n) is 7.04. The molecule has 1 N–H and O–H groups in total. The fraction of sp³-hybridized carbons (Fsp3) is 0.294. The summed E-state index contributed by atoms with van der Waals surface area (Å²) in [5.74, 6) is 0.134. The molecule has 0 spiro atoms. The third-order valence-corrected chi connectivity index (χ3v) is 9.17. The van der Waals surface area contributed by atoms with Crippen molar-refractivity contribution in [3.05, 3.63) is 101 Å². The largest absolute Gasteiger partial charge is 0.507 e. The molecule has 1 unspecified atom stereocenters. The van der Waals surface area contributed by atoms with Crippen molar-refractivity contribution in [2.75, 3.05) is 18.1 Å². The molecule has 1 aromatic heterocycles. The quantitative estimate of drug-likeness (QED) is 0.0376. The molecule has 8 nitrogen and oxygen atoms in total. The summed E-state index contributed by atoms with van der Waals surface area (Å²) in [5.41, 5.74) is 2.14. The Kier molecular flexibility index (Phi) is 10.7. The maximum Gasteiger partial charge on any atom is 0.301 e. The van der Waals surface area contributed by atoms with E-state index in [4.69, 9.17) is 9.47 Å². The van der Waals surface area contributed by atoms with Gasteiger partial charge in [-0.3, -0.25) is 14.5 Å². The number of Topliss-reactive ketones (excluding diaryl/α,β-unsaturated/α-hetero) is 1. The number of hydrogen-bond acceptors (Lipinski definition) is 9. The van der Waals surface area contributed by atoms with Crippen molar-refractivity contribution in [3.8, 4) is 11.5 Å². The summed E-state index contributed by atoms with van der Waals surface area (Å²) in [6.45, 7) is 5.28. The van der Waals surface area contributed by atoms with Crippen molar-refractivity contribution in [1.82, 2.24) is 10.2 Å². The first-order valence-electron chi connectivity index (χ1n) is 14.8. The number of nitrogens with zero attached hydrogens (tertiary/aromatic N) is 3. The summed E-state index contributed by atoms with van der Waals surface area (Å²) in [7, 11) is 0. The predicted octanol–water partition coefficient (Wildman–Crippen LogP) is 7.81. The van der Waals surface area contributed by atoms with E-state index in [1.165, 1.54) is 28.0 Å². The van der Waals surface area contributed by atoms with E-state index in [2.05, 4.69) is 17.1 Å². The Morgan fingerprint density at radius 1 is 0.886 bits per heavy atom. The van der Waals surface area contributed by atoms with Crippen molar-refractivity contribution in [2.45, 2.75) is 55.7 Å². The molecule has 1 fully saturated rings. The minimum Gasteiger partial charge on any atom is -0.507 e. The number of carbonyl (C=O) groups excluding carboxylic acids is 2. The lowest BCUT2D eigenvalue weighted by molar-refractivity contribution is -0.132. The highest BCUT2D eigenvalue weighted by Crippen LogP contribution is 2.44. The number of aliphatic hydroxyl groups is 1. The topological polar surface area (TPSA) is 102 Å². The monoisotopic (exact) mass is 629 g/mol. The Morgan fingerprint density at radius 3 is 2.41 bits per heavy atom. The number of unbranched alkanes of at least 4 members (excludes halogenated alkanes) is 2. The van der Waals surface area contributed by atoms with Crippen molar-refractivity contribution in [3.63, 3.8) is 0 Å². The average Bonchev–Trinajstić information content (AvgIpc) is 3.63. The van der Waals surface area contributed by atoms with Gasteiger partial charge in [0.1, 0.15) is 17.3 Å². The van der Waals surface area contributed by atoms with E-state index >= 15 is 0 Å². The first kappa shape index (κ1) is 31.3. The second-order valence-electron chi connectivity index (χ2n) is 10.3. The maximum absolute atomic E-state index is 13.6. The zero-order valence-corrected chi connectivity index (χ0v) is 26.4. The number of aromatic nitrogens is 2. The maximum atomic E-state index is 13.6. The second kappa shape index (κ2) is 15.0. The number of ether oxygens (including phenoxy) is 2. The van der Waals surface area contributed by atoms with Crippen LogP contribution in [0.5, 0.6) is 11.5 Å². The number of ketones is 1. The van der Waals surface area contributed by atoms with E-state index in [1.807, 2.05) is 61.5 Å². The smallest absolute Gasteiger partial charge is 0.301 e. The van der Waals surface area contributed by atoms with E-state index in [1.54, 1.807) is 24.3 Å². The molecule has 4 aromatic rings. The van der Waals surface area contributed by atoms with Crippen LogP contribution in [-0.4, -0.2) is 40.2 Å². The highest BCUT2D eigenvalue weighted by atomic mass is 32.2. The van der Waals surface area contributed by atoms with E-state index in [9.17, 15) is 14.7 Å². The summed E-state index contributed by atoms with van der Waals surface area (Å²) in [4.78, 5) is 28.6. The summed E-state index contributed by atoms with van der Waals surface area (Å²) < 4.78 is 12.3. The number of rotatable bonds is 14. The Bertz CT molecular complexity index is 1600. The van der Waals surface area contributed by atoms with Gasteiger partial charge in [0.2, 0.25) is 5.13 Å². The molecule has 1 aliphatic rings. The molecular weight excluding hydrogens is 595 g/mol. The Hall–Kier alpha value is -4.15. The summed E-state index contributed by atoms with van der Waals surface area (Å²) in [6, 6.07) is 23.2. The zero-order chi connectivity index (χ0) is 30.9. The lowest BCUT2D eigenvalue weighted by atomic mass is 9.95. The number of amides is 1. The van der Waals surface area contributed by atoms with Gasteiger partial charge in [0.05, 0.1) is 24.8 Å². The molecule has 5 rings (SSSR count). The van der Waals surface area contributed by atoms with Crippen LogP contribution >= 0.6 is 23.1 Å². The van der Waals surface area contributed by atoms with Crippen molar-refractivity contribution >= 4 is 45.7 Å². The molecule has 1 atom stereocenters. The molecule has 1 saturated heterocycles. The summed E-state index contributed by atoms with van der Waals surface area (Å²) in [5, 5.41) is 20.4. The molecular formula is C34H35N3O5S2. The van der Waals surface area contributed by atoms with Gasteiger partial charge in [-0.25, -0.2) is 0 Å². The molecule has 44 heavy (non-hydrogen) atoms. The van der Waals surface area contributed by atoms with Crippen LogP contribution in [0.15, 0.2) is 88.8 Å². The molecule has 0 radical (unpaired) electrons. The molecule has 3 aromatic carbocycles. The van der Waals surface area contributed by atoms with Crippen molar-refractivity contribution < 1.29 is 24.2 Å². The number of benzene rings is 3. The van der Waals surface area contributed by atoms with Gasteiger partial charge in [-0.2, -0.15) is 0 Å². The van der Waals surface area contributed by atoms with Crippen LogP contribution < -0.4 is 14.4 Å². The van der Waals surface area contributed by atoms with Crippen LogP contribution in [0.3, 0.4) is 0 Å². The minimum atomic E-state index is -0.926. The van der Waals surface area contributed by atoms with Gasteiger partial charge < -0.3 is 14.6 Å². The van der Waals surface area contributed by atoms with Crippen LogP contribution in [-0.2, 0) is 15.3 Å². The lowest BCUT2D eigenvalue weighted by Crippen LogP contribution is -2.29. The van der Waals surface area contributed by atoms with Gasteiger partial charge in [0.25, 0.3) is 5.78 Å². The minimum absolute atomic E-state index is 0.0194. The fourth-order valence-corrected chi connectivity index (χ4v) is 6.65. The van der Waals surface area contributed by atoms with Gasteiger partial charge in [-0.15, -0.1) is 10.2 Å². The van der Waals surface area contributed by atoms with E-state index in [-0.39, 0.29) is 16.5 Å². The van der Waals surface area contributed by atoms with Gasteiger partial charge in [-0.1, -0.05) is 92.3 Å². The molecule has 2 heterocycles. The zero-order valence-electron chi connectivity index (χ0n) is 24.8. The summed E-state index contributed by atoms with van der Waals surface area (Å²) in [6.07, 6.45) is 3.93. The number of carbonyl (C=O) groups is 2. The molecule has 0 bridgehead atoms. The Balaban J connectivity index is 1.51. The van der Waals surface area contributed by atoms with Gasteiger partial charge in [-0.05, 0) is 60.4 Å². The second-order valence-corrected chi connectivity index (χ2v) is 12.5. The van der Waals surface area contributed by atoms with Crippen LogP contribution in [0.2, 0.25) is 0 Å². The van der Waals surface area contributed by atoms with Crippen LogP contribution in [0.1, 0.15) is 62.3 Å². The van der Waals surface area contributed by atoms with E-state index in [0.29, 0.717) is 45.9 Å². The number of thioether (sulfide) groups is 1. The molecule has 10 heteroatoms. The number of anilines is 1. The SMILES string of the molecule is CCCCCOc1cccc(C2C(=C(O)c3ccc(OCCC)cc3)C(=O)C(=O)N2c2nnc(SCc3ccccc3)s2)c1. The van der Waals surface area contributed by atoms with Crippen molar-refractivity contribution in [2.24, 2.45) is 0 Å². The molecule has 0 saturated carbocycles. The first-order valence-corrected chi connectivity index (χ1v) is 16.6. The highest BCUT2D eigenvalue weighted by molar-refractivity contribution is 8.00. The van der Waals surface area contributed by atoms with Gasteiger partial charge >= 0.3 is 5.91 Å². The molecule has 0 aliphatic carbocycles. The van der Waals surface area contributed by atoms with Gasteiger partial charge in [0.15, 0.2) is 4.34 Å². The molecule has 228 valence electrons. The number of aliphatic hydroxyl groups excluding tert-OH is 1. The van der Waals surface area contributed by atoms with Crippen molar-refractivity contribution in [1.29, 1.82) is 0 Å². The average molecular weight is 630 g/mol. The molecule has 1 amide bonds. The fourth-order valence-electron chi connectivity index (χ4n) is 4.82. The summed E-state index contributed by atoms with van der Waals surface area (Å²) >= 11 is 2.75. The van der Waals surface area contributed by atoms with Crippen LogP contribution in [0.25, 0.3) is 5.76 Å². The predicted molar refractivity (Wildman–Crippen MR) is 174 cm³/mol. The standard InChI is InChI=1S/C34H35N3O5S2/c1-3-5-9-20-42-27-14-10-13-25(21-27)29-28(30(38)24-15-17-26(18-16-24)41-19-4-2)31(39)32(40)37(29)33-35-36-34(44-33)43-22-23-11-7-6-8-12-23/h6-8,10-18,21,29,38H,3-5,9,19-20,22H2,1-2H3. The first-order chi connectivity index (χ1) is 21.5. The Labute approximate surface area is 265 Å². The Morgan fingerprint density at radius 2 is 1.66 bits per heavy atom. The van der Waals surface area contributed by atoms with Crippen LogP contribution in [0.4, 0.5) is 5.13 Å². The lowest BCUT2D eigenvalue weighted by Gasteiger charge is -2.23. The van der Waals surface area contributed by atoms with E-state index < -0.39 is 17.7 Å².